The number of aromatic carboxylic acids is 1. The number of hydrogen-bond donors (Lipinski definition) is 1. The Balaban J connectivity index is 2.64. The third-order valence-electron chi connectivity index (χ3n) is 2.61. The predicted molar refractivity (Wildman–Crippen MR) is 65.3 cm³/mol. The second-order valence-electron chi connectivity index (χ2n) is 4.07. The molecule has 0 unspecified atom stereocenters. The normalized spacial score (nSPS) is 11.7. The second-order valence-corrected chi connectivity index (χ2v) is 4.51. The lowest BCUT2D eigenvalue weighted by molar-refractivity contribution is -0.137. The topological polar surface area (TPSA) is 55.1 Å². The minimum Gasteiger partial charge on any atom is -0.476 e. The Hall–Kier alpha value is -2.02. The summed E-state index contributed by atoms with van der Waals surface area (Å²) >= 11 is 5.57. The number of hydrogen-bond acceptors (Lipinski definition) is 2. The zero-order valence-electron chi connectivity index (χ0n) is 10.1. The minimum absolute atomic E-state index is 0.0663. The lowest BCUT2D eigenvalue weighted by Crippen LogP contribution is -2.11. The number of aryl methyl sites for hydroxylation is 1. The van der Waals surface area contributed by atoms with E-state index in [1.165, 1.54) is 19.2 Å². The van der Waals surface area contributed by atoms with E-state index in [4.69, 9.17) is 16.7 Å². The lowest BCUT2D eigenvalue weighted by Gasteiger charge is -2.13. The Morgan fingerprint density at radius 2 is 2.05 bits per heavy atom. The molecule has 0 aliphatic heterocycles. The number of carboxylic acid groups (broad SMARTS) is 1. The number of benzene rings is 1. The highest BCUT2D eigenvalue weighted by molar-refractivity contribution is 6.30. The first-order valence-electron chi connectivity index (χ1n) is 5.37. The average Bonchev–Trinajstić information content (AvgIpc) is 2.70. The van der Waals surface area contributed by atoms with Crippen LogP contribution in [0.4, 0.5) is 13.2 Å². The van der Waals surface area contributed by atoms with Crippen molar-refractivity contribution in [1.29, 1.82) is 0 Å². The van der Waals surface area contributed by atoms with Crippen molar-refractivity contribution in [3.05, 3.63) is 46.2 Å². The number of rotatable bonds is 2. The van der Waals surface area contributed by atoms with E-state index < -0.39 is 17.7 Å². The summed E-state index contributed by atoms with van der Waals surface area (Å²) in [6.07, 6.45) is -3.40. The summed E-state index contributed by atoms with van der Waals surface area (Å²) in [7, 11) is 0. The first kappa shape index (κ1) is 14.4. The third-order valence-corrected chi connectivity index (χ3v) is 2.85. The van der Waals surface area contributed by atoms with E-state index >= 15 is 0 Å². The highest BCUT2D eigenvalue weighted by atomic mass is 35.5. The van der Waals surface area contributed by atoms with E-state index in [1.54, 1.807) is 0 Å². The Morgan fingerprint density at radius 1 is 1.40 bits per heavy atom. The predicted octanol–water partition coefficient (Wildman–Crippen LogP) is 3.55. The van der Waals surface area contributed by atoms with Gasteiger partial charge in [-0.3, -0.25) is 0 Å². The molecule has 106 valence electrons. The Morgan fingerprint density at radius 3 is 2.55 bits per heavy atom. The molecule has 1 aromatic carbocycles. The van der Waals surface area contributed by atoms with Crippen molar-refractivity contribution in [3.8, 4) is 5.69 Å². The van der Waals surface area contributed by atoms with E-state index in [2.05, 4.69) is 5.10 Å². The van der Waals surface area contributed by atoms with Gasteiger partial charge in [-0.15, -0.1) is 0 Å². The van der Waals surface area contributed by atoms with Gasteiger partial charge in [-0.05, 0) is 25.1 Å². The van der Waals surface area contributed by atoms with Gasteiger partial charge in [0.25, 0.3) is 0 Å². The fraction of sp³-hybridized carbons (Fsp3) is 0.167. The third kappa shape index (κ3) is 2.62. The molecule has 0 aliphatic carbocycles. The van der Waals surface area contributed by atoms with E-state index in [9.17, 15) is 18.0 Å². The standard InChI is InChI=1S/C12H8ClF3N2O2/c1-6-5-18(17-10(6)11(19)20)9-3-2-7(13)4-8(9)12(14,15)16/h2-5H,1H3,(H,19,20). The molecular weight excluding hydrogens is 297 g/mol. The van der Waals surface area contributed by atoms with Gasteiger partial charge in [0, 0.05) is 16.8 Å². The average molecular weight is 305 g/mol. The molecule has 0 fully saturated rings. The van der Waals surface area contributed by atoms with Crippen LogP contribution in [-0.4, -0.2) is 20.9 Å². The molecule has 2 rings (SSSR count). The van der Waals surface area contributed by atoms with Gasteiger partial charge in [0.15, 0.2) is 5.69 Å². The highest BCUT2D eigenvalue weighted by Gasteiger charge is 2.34. The number of carbonyl (C=O) groups is 1. The second kappa shape index (κ2) is 4.82. The van der Waals surface area contributed by atoms with Crippen LogP contribution in [0.25, 0.3) is 5.69 Å². The molecule has 0 amide bonds. The van der Waals surface area contributed by atoms with Gasteiger partial charge >= 0.3 is 12.1 Å². The SMILES string of the molecule is Cc1cn(-c2ccc(Cl)cc2C(F)(F)F)nc1C(=O)O. The molecule has 0 atom stereocenters. The van der Waals surface area contributed by atoms with Crippen LogP contribution in [0.5, 0.6) is 0 Å². The van der Waals surface area contributed by atoms with Crippen molar-refractivity contribution in [1.82, 2.24) is 9.78 Å². The number of aromatic nitrogens is 2. The number of carboxylic acids is 1. The first-order valence-corrected chi connectivity index (χ1v) is 5.74. The molecular formula is C12H8ClF3N2O2. The summed E-state index contributed by atoms with van der Waals surface area (Å²) in [4.78, 5) is 10.9. The molecule has 20 heavy (non-hydrogen) atoms. The summed E-state index contributed by atoms with van der Waals surface area (Å²) in [5, 5.41) is 12.5. The van der Waals surface area contributed by atoms with E-state index in [1.807, 2.05) is 0 Å². The fourth-order valence-electron chi connectivity index (χ4n) is 1.73. The largest absolute Gasteiger partial charge is 0.476 e. The van der Waals surface area contributed by atoms with Crippen LogP contribution in [0.15, 0.2) is 24.4 Å². The highest BCUT2D eigenvalue weighted by Crippen LogP contribution is 2.35. The van der Waals surface area contributed by atoms with Crippen LogP contribution < -0.4 is 0 Å². The molecule has 1 heterocycles. The maximum atomic E-state index is 13.0. The van der Waals surface area contributed by atoms with Gasteiger partial charge in [0.2, 0.25) is 0 Å². The summed E-state index contributed by atoms with van der Waals surface area (Å²) in [5.41, 5.74) is -1.30. The van der Waals surface area contributed by atoms with Crippen molar-refractivity contribution in [2.75, 3.05) is 0 Å². The Kier molecular flexibility index (Phi) is 3.47. The van der Waals surface area contributed by atoms with Gasteiger partial charge in [0.1, 0.15) is 0 Å². The molecule has 0 radical (unpaired) electrons. The summed E-state index contributed by atoms with van der Waals surface area (Å²) < 4.78 is 39.8. The lowest BCUT2D eigenvalue weighted by atomic mass is 10.1. The number of alkyl halides is 3. The van der Waals surface area contributed by atoms with Crippen molar-refractivity contribution in [3.63, 3.8) is 0 Å². The Labute approximate surface area is 116 Å². The maximum absolute atomic E-state index is 13.0. The zero-order valence-corrected chi connectivity index (χ0v) is 10.8. The Bertz CT molecular complexity index is 680. The van der Waals surface area contributed by atoms with Crippen LogP contribution in [0.3, 0.4) is 0 Å². The smallest absolute Gasteiger partial charge is 0.418 e. The van der Waals surface area contributed by atoms with Crippen molar-refractivity contribution in [2.45, 2.75) is 13.1 Å². The van der Waals surface area contributed by atoms with Crippen molar-refractivity contribution >= 4 is 17.6 Å². The molecule has 0 bridgehead atoms. The van der Waals surface area contributed by atoms with E-state index in [0.29, 0.717) is 0 Å². The van der Waals surface area contributed by atoms with Gasteiger partial charge in [-0.2, -0.15) is 18.3 Å². The van der Waals surface area contributed by atoms with Crippen LogP contribution in [0.1, 0.15) is 21.6 Å². The van der Waals surface area contributed by atoms with Gasteiger partial charge in [0.05, 0.1) is 11.3 Å². The summed E-state index contributed by atoms with van der Waals surface area (Å²) in [6, 6.07) is 3.20. The van der Waals surface area contributed by atoms with Gasteiger partial charge < -0.3 is 5.11 Å². The van der Waals surface area contributed by atoms with Crippen molar-refractivity contribution in [2.24, 2.45) is 0 Å². The first-order chi connectivity index (χ1) is 9.20. The molecule has 1 aromatic heterocycles. The summed E-state index contributed by atoms with van der Waals surface area (Å²) in [6.45, 7) is 1.45. The molecule has 0 saturated carbocycles. The van der Waals surface area contributed by atoms with Crippen LogP contribution in [0.2, 0.25) is 5.02 Å². The minimum atomic E-state index is -4.62. The zero-order chi connectivity index (χ0) is 15.1. The molecule has 1 N–H and O–H groups in total. The fourth-order valence-corrected chi connectivity index (χ4v) is 1.90. The molecule has 2 aromatic rings. The van der Waals surface area contributed by atoms with E-state index in [-0.39, 0.29) is 22.0 Å². The van der Waals surface area contributed by atoms with Crippen molar-refractivity contribution < 1.29 is 23.1 Å². The quantitative estimate of drug-likeness (QED) is 0.923. The van der Waals surface area contributed by atoms with Gasteiger partial charge in [-0.1, -0.05) is 11.6 Å². The van der Waals surface area contributed by atoms with E-state index in [0.717, 1.165) is 16.8 Å². The van der Waals surface area contributed by atoms with Crippen LogP contribution in [0, 0.1) is 6.92 Å². The van der Waals surface area contributed by atoms with Crippen LogP contribution >= 0.6 is 11.6 Å². The molecule has 0 saturated heterocycles. The molecule has 8 heteroatoms. The number of nitrogens with zero attached hydrogens (tertiary/aromatic N) is 2. The molecule has 4 nitrogen and oxygen atoms in total. The monoisotopic (exact) mass is 304 g/mol. The number of halogens is 4. The maximum Gasteiger partial charge on any atom is 0.418 e. The van der Waals surface area contributed by atoms with Crippen LogP contribution in [-0.2, 0) is 6.18 Å². The van der Waals surface area contributed by atoms with Gasteiger partial charge in [-0.25, -0.2) is 9.48 Å². The molecule has 0 spiro atoms. The summed E-state index contributed by atoms with van der Waals surface area (Å²) in [5.74, 6) is -1.30. The molecule has 0 aliphatic rings.